The molecule has 6 nitrogen and oxygen atoms in total. The van der Waals surface area contributed by atoms with Crippen molar-refractivity contribution in [3.05, 3.63) is 30.1 Å². The van der Waals surface area contributed by atoms with Gasteiger partial charge in [-0.25, -0.2) is 21.6 Å². The molecule has 0 bridgehead atoms. The molecule has 0 spiro atoms. The zero-order chi connectivity index (χ0) is 18.5. The second-order valence-electron chi connectivity index (χ2n) is 5.55. The summed E-state index contributed by atoms with van der Waals surface area (Å²) < 4.78 is 66.4. The standard InChI is InChI=1S/C14H20F3N3O3S/c1-9(2)12(13(21)19-8-14(16,17)7-18)20-24(22,23)11-6-4-3-5-10(11)15/h3-6,9,12,20H,7-8,18H2,1-2H3,(H,19,21). The molecule has 1 amide bonds. The molecule has 0 saturated carbocycles. The minimum Gasteiger partial charge on any atom is -0.349 e. The molecule has 136 valence electrons. The summed E-state index contributed by atoms with van der Waals surface area (Å²) in [7, 11) is -4.34. The van der Waals surface area contributed by atoms with Crippen molar-refractivity contribution in [2.75, 3.05) is 13.1 Å². The first-order valence-corrected chi connectivity index (χ1v) is 8.61. The number of carbonyl (C=O) groups is 1. The number of benzene rings is 1. The highest BCUT2D eigenvalue weighted by atomic mass is 32.2. The number of nitrogens with two attached hydrogens (primary N) is 1. The lowest BCUT2D eigenvalue weighted by molar-refractivity contribution is -0.125. The summed E-state index contributed by atoms with van der Waals surface area (Å²) in [6.07, 6.45) is 0. The van der Waals surface area contributed by atoms with E-state index in [4.69, 9.17) is 5.73 Å². The van der Waals surface area contributed by atoms with Crippen molar-refractivity contribution in [3.8, 4) is 0 Å². The lowest BCUT2D eigenvalue weighted by Gasteiger charge is -2.23. The van der Waals surface area contributed by atoms with Crippen LogP contribution in [0.2, 0.25) is 0 Å². The van der Waals surface area contributed by atoms with Crippen molar-refractivity contribution in [3.63, 3.8) is 0 Å². The molecule has 10 heteroatoms. The Bertz CT molecular complexity index is 681. The van der Waals surface area contributed by atoms with E-state index in [2.05, 4.69) is 0 Å². The van der Waals surface area contributed by atoms with Crippen LogP contribution in [-0.2, 0) is 14.8 Å². The normalized spacial score (nSPS) is 13.8. The van der Waals surface area contributed by atoms with Gasteiger partial charge >= 0.3 is 0 Å². The summed E-state index contributed by atoms with van der Waals surface area (Å²) in [5, 5.41) is 1.95. The molecule has 1 rings (SSSR count). The number of hydrogen-bond donors (Lipinski definition) is 3. The van der Waals surface area contributed by atoms with E-state index in [1.54, 1.807) is 0 Å². The van der Waals surface area contributed by atoms with E-state index < -0.39 is 57.6 Å². The Kier molecular flexibility index (Phi) is 6.76. The monoisotopic (exact) mass is 367 g/mol. The molecular formula is C14H20F3N3O3S. The molecule has 0 heterocycles. The van der Waals surface area contributed by atoms with Crippen molar-refractivity contribution in [2.45, 2.75) is 30.7 Å². The van der Waals surface area contributed by atoms with Gasteiger partial charge < -0.3 is 11.1 Å². The van der Waals surface area contributed by atoms with Crippen LogP contribution in [0.1, 0.15) is 13.8 Å². The van der Waals surface area contributed by atoms with Crippen LogP contribution in [0.15, 0.2) is 29.2 Å². The number of sulfonamides is 1. The molecule has 0 aliphatic rings. The number of alkyl halides is 2. The largest absolute Gasteiger partial charge is 0.349 e. The van der Waals surface area contributed by atoms with Crippen LogP contribution in [0.25, 0.3) is 0 Å². The van der Waals surface area contributed by atoms with Gasteiger partial charge in [-0.15, -0.1) is 0 Å². The highest BCUT2D eigenvalue weighted by Gasteiger charge is 2.33. The van der Waals surface area contributed by atoms with Crippen LogP contribution in [-0.4, -0.2) is 39.4 Å². The SMILES string of the molecule is CC(C)C(NS(=O)(=O)c1ccccc1F)C(=O)NCC(F)(F)CN. The average Bonchev–Trinajstić information content (AvgIpc) is 2.50. The molecule has 0 radical (unpaired) electrons. The van der Waals surface area contributed by atoms with Crippen molar-refractivity contribution >= 4 is 15.9 Å². The molecule has 1 unspecified atom stereocenters. The first-order chi connectivity index (χ1) is 11.0. The third-order valence-electron chi connectivity index (χ3n) is 3.18. The minimum atomic E-state index is -4.34. The second-order valence-corrected chi connectivity index (χ2v) is 7.23. The van der Waals surface area contributed by atoms with E-state index in [0.717, 1.165) is 12.1 Å². The number of carbonyl (C=O) groups excluding carboxylic acids is 1. The molecule has 0 fully saturated rings. The van der Waals surface area contributed by atoms with Crippen LogP contribution in [0.5, 0.6) is 0 Å². The van der Waals surface area contributed by atoms with Gasteiger partial charge in [0.05, 0.1) is 13.1 Å². The fourth-order valence-electron chi connectivity index (χ4n) is 1.78. The first-order valence-electron chi connectivity index (χ1n) is 7.12. The Morgan fingerprint density at radius 2 is 1.88 bits per heavy atom. The predicted octanol–water partition coefficient (Wildman–Crippen LogP) is 0.839. The van der Waals surface area contributed by atoms with Gasteiger partial charge in [-0.1, -0.05) is 26.0 Å². The van der Waals surface area contributed by atoms with E-state index >= 15 is 0 Å². The molecule has 1 aromatic rings. The highest BCUT2D eigenvalue weighted by molar-refractivity contribution is 7.89. The third-order valence-corrected chi connectivity index (χ3v) is 4.65. The lowest BCUT2D eigenvalue weighted by atomic mass is 10.1. The summed E-state index contributed by atoms with van der Waals surface area (Å²) in [4.78, 5) is 11.4. The van der Waals surface area contributed by atoms with Gasteiger partial charge in [0.15, 0.2) is 0 Å². The fraction of sp³-hybridized carbons (Fsp3) is 0.500. The predicted molar refractivity (Wildman–Crippen MR) is 82.4 cm³/mol. The highest BCUT2D eigenvalue weighted by Crippen LogP contribution is 2.16. The van der Waals surface area contributed by atoms with E-state index in [-0.39, 0.29) is 0 Å². The van der Waals surface area contributed by atoms with Crippen LogP contribution < -0.4 is 15.8 Å². The molecule has 1 aromatic carbocycles. The molecule has 0 saturated heterocycles. The van der Waals surface area contributed by atoms with Crippen molar-refractivity contribution in [1.29, 1.82) is 0 Å². The summed E-state index contributed by atoms with van der Waals surface area (Å²) in [6, 6.07) is 3.29. The van der Waals surface area contributed by atoms with Crippen LogP contribution in [0.4, 0.5) is 13.2 Å². The fourth-order valence-corrected chi connectivity index (χ4v) is 3.21. The number of halogens is 3. The molecule has 0 aliphatic carbocycles. The van der Waals surface area contributed by atoms with Crippen LogP contribution >= 0.6 is 0 Å². The lowest BCUT2D eigenvalue weighted by Crippen LogP contribution is -2.52. The third kappa shape index (κ3) is 5.46. The van der Waals surface area contributed by atoms with Crippen LogP contribution in [0.3, 0.4) is 0 Å². The van der Waals surface area contributed by atoms with Crippen molar-refractivity contribution in [2.24, 2.45) is 11.7 Å². The Hall–Kier alpha value is -1.65. The number of hydrogen-bond acceptors (Lipinski definition) is 4. The van der Waals surface area contributed by atoms with Gasteiger partial charge in [0.25, 0.3) is 5.92 Å². The molecule has 1 atom stereocenters. The Balaban J connectivity index is 2.94. The maximum absolute atomic E-state index is 13.7. The maximum atomic E-state index is 13.7. The van der Waals surface area contributed by atoms with Gasteiger partial charge in [-0.05, 0) is 18.1 Å². The number of rotatable bonds is 8. The van der Waals surface area contributed by atoms with Crippen molar-refractivity contribution in [1.82, 2.24) is 10.0 Å². The van der Waals surface area contributed by atoms with E-state index in [0.29, 0.717) is 0 Å². The van der Waals surface area contributed by atoms with Gasteiger partial charge in [-0.3, -0.25) is 4.79 Å². The smallest absolute Gasteiger partial charge is 0.277 e. The van der Waals surface area contributed by atoms with Gasteiger partial charge in [-0.2, -0.15) is 4.72 Å². The number of nitrogens with one attached hydrogen (secondary N) is 2. The molecule has 4 N–H and O–H groups in total. The Labute approximate surface area is 138 Å². The average molecular weight is 367 g/mol. The van der Waals surface area contributed by atoms with E-state index in [1.807, 2.05) is 10.0 Å². The zero-order valence-corrected chi connectivity index (χ0v) is 14.0. The first kappa shape index (κ1) is 20.4. The second kappa shape index (κ2) is 7.95. The molecule has 24 heavy (non-hydrogen) atoms. The summed E-state index contributed by atoms with van der Waals surface area (Å²) >= 11 is 0. The summed E-state index contributed by atoms with van der Waals surface area (Å²) in [6.45, 7) is 1.07. The number of amides is 1. The summed E-state index contributed by atoms with van der Waals surface area (Å²) in [5.74, 6) is -5.79. The van der Waals surface area contributed by atoms with Gasteiger partial charge in [0.2, 0.25) is 15.9 Å². The summed E-state index contributed by atoms with van der Waals surface area (Å²) in [5.41, 5.74) is 4.87. The minimum absolute atomic E-state index is 0.557. The Morgan fingerprint density at radius 1 is 1.29 bits per heavy atom. The molecule has 0 aromatic heterocycles. The van der Waals surface area contributed by atoms with E-state index in [1.165, 1.54) is 26.0 Å². The quantitative estimate of drug-likeness (QED) is 0.634. The van der Waals surface area contributed by atoms with Gasteiger partial charge in [0.1, 0.15) is 16.8 Å². The van der Waals surface area contributed by atoms with Gasteiger partial charge in [0, 0.05) is 0 Å². The topological polar surface area (TPSA) is 101 Å². The molecule has 0 aliphatic heterocycles. The molecular weight excluding hydrogens is 347 g/mol. The van der Waals surface area contributed by atoms with Crippen molar-refractivity contribution < 1.29 is 26.4 Å². The maximum Gasteiger partial charge on any atom is 0.277 e. The van der Waals surface area contributed by atoms with Crippen LogP contribution in [0, 0.1) is 11.7 Å². The Morgan fingerprint density at radius 3 is 2.38 bits per heavy atom. The van der Waals surface area contributed by atoms with E-state index in [9.17, 15) is 26.4 Å². The zero-order valence-electron chi connectivity index (χ0n) is 13.2.